The van der Waals surface area contributed by atoms with Crippen LogP contribution in [0.5, 0.6) is 5.75 Å². The number of amides is 1. The molecule has 1 aromatic carbocycles. The molecule has 0 aromatic heterocycles. The lowest BCUT2D eigenvalue weighted by Gasteiger charge is -2.27. The van der Waals surface area contributed by atoms with Gasteiger partial charge in [0.25, 0.3) is 5.91 Å². The van der Waals surface area contributed by atoms with Crippen LogP contribution in [0.1, 0.15) is 25.8 Å². The molecular formula is C14H20FNO3. The van der Waals surface area contributed by atoms with E-state index < -0.39 is 11.4 Å². The molecule has 0 fully saturated rings. The second-order valence-corrected chi connectivity index (χ2v) is 4.84. The van der Waals surface area contributed by atoms with Gasteiger partial charge in [0.1, 0.15) is 0 Å². The van der Waals surface area contributed by atoms with Gasteiger partial charge in [-0.2, -0.15) is 0 Å². The van der Waals surface area contributed by atoms with E-state index in [4.69, 9.17) is 4.74 Å². The summed E-state index contributed by atoms with van der Waals surface area (Å²) in [4.78, 5) is 11.7. The Morgan fingerprint density at radius 2 is 2.21 bits per heavy atom. The fourth-order valence-corrected chi connectivity index (χ4v) is 1.48. The van der Waals surface area contributed by atoms with E-state index >= 15 is 0 Å². The number of aliphatic hydroxyl groups excluding tert-OH is 1. The van der Waals surface area contributed by atoms with Gasteiger partial charge in [-0.05, 0) is 38.0 Å². The summed E-state index contributed by atoms with van der Waals surface area (Å²) in [5.74, 6) is -0.838. The van der Waals surface area contributed by atoms with Crippen LogP contribution in [0, 0.1) is 12.7 Å². The van der Waals surface area contributed by atoms with Gasteiger partial charge in [0.2, 0.25) is 0 Å². The number of carbonyl (C=O) groups is 1. The first-order valence-electron chi connectivity index (χ1n) is 6.21. The lowest BCUT2D eigenvalue weighted by Crippen LogP contribution is -2.50. The van der Waals surface area contributed by atoms with Gasteiger partial charge in [0, 0.05) is 0 Å². The van der Waals surface area contributed by atoms with E-state index in [9.17, 15) is 14.3 Å². The Hall–Kier alpha value is -1.62. The van der Waals surface area contributed by atoms with Crippen LogP contribution in [0.4, 0.5) is 4.39 Å². The number of rotatable bonds is 6. The highest BCUT2D eigenvalue weighted by Gasteiger charge is 2.23. The molecule has 0 radical (unpaired) electrons. The number of benzene rings is 1. The van der Waals surface area contributed by atoms with Crippen molar-refractivity contribution in [2.24, 2.45) is 0 Å². The summed E-state index contributed by atoms with van der Waals surface area (Å²) in [7, 11) is 0. The topological polar surface area (TPSA) is 58.6 Å². The third-order valence-electron chi connectivity index (χ3n) is 3.02. The van der Waals surface area contributed by atoms with Crippen molar-refractivity contribution < 1.29 is 19.0 Å². The molecule has 2 N–H and O–H groups in total. The highest BCUT2D eigenvalue weighted by atomic mass is 19.1. The lowest BCUT2D eigenvalue weighted by molar-refractivity contribution is -0.125. The first kappa shape index (κ1) is 15.4. The predicted molar refractivity (Wildman–Crippen MR) is 70.6 cm³/mol. The van der Waals surface area contributed by atoms with Gasteiger partial charge in [0.05, 0.1) is 12.1 Å². The average molecular weight is 269 g/mol. The van der Waals surface area contributed by atoms with E-state index in [0.29, 0.717) is 6.42 Å². The van der Waals surface area contributed by atoms with Gasteiger partial charge in [-0.1, -0.05) is 13.0 Å². The minimum absolute atomic E-state index is 0.0531. The highest BCUT2D eigenvalue weighted by Crippen LogP contribution is 2.18. The molecule has 1 rings (SSSR count). The molecule has 0 heterocycles. The van der Waals surface area contributed by atoms with Crippen LogP contribution in [-0.4, -0.2) is 29.8 Å². The minimum Gasteiger partial charge on any atom is -0.481 e. The molecule has 0 saturated carbocycles. The summed E-state index contributed by atoms with van der Waals surface area (Å²) in [6.07, 6.45) is 0.591. The highest BCUT2D eigenvalue weighted by molar-refractivity contribution is 5.78. The molecule has 0 aliphatic heterocycles. The van der Waals surface area contributed by atoms with Crippen molar-refractivity contribution in [2.45, 2.75) is 32.7 Å². The summed E-state index contributed by atoms with van der Waals surface area (Å²) >= 11 is 0. The number of nitrogens with one attached hydrogen (secondary N) is 1. The van der Waals surface area contributed by atoms with Crippen molar-refractivity contribution in [3.63, 3.8) is 0 Å². The molecule has 0 saturated heterocycles. The van der Waals surface area contributed by atoms with Crippen molar-refractivity contribution in [1.29, 1.82) is 0 Å². The second-order valence-electron chi connectivity index (χ2n) is 4.84. The molecule has 1 unspecified atom stereocenters. The van der Waals surface area contributed by atoms with Crippen molar-refractivity contribution in [3.05, 3.63) is 29.6 Å². The zero-order valence-electron chi connectivity index (χ0n) is 11.5. The van der Waals surface area contributed by atoms with Gasteiger partial charge in [0.15, 0.2) is 18.2 Å². The van der Waals surface area contributed by atoms with Crippen LogP contribution >= 0.6 is 0 Å². The van der Waals surface area contributed by atoms with E-state index in [0.717, 1.165) is 5.56 Å². The monoisotopic (exact) mass is 269 g/mol. The maximum Gasteiger partial charge on any atom is 0.258 e. The molecule has 106 valence electrons. The van der Waals surface area contributed by atoms with Crippen LogP contribution in [0.2, 0.25) is 0 Å². The lowest BCUT2D eigenvalue weighted by atomic mass is 10.0. The first-order valence-corrected chi connectivity index (χ1v) is 6.21. The smallest absolute Gasteiger partial charge is 0.258 e. The van der Waals surface area contributed by atoms with Crippen molar-refractivity contribution >= 4 is 5.91 Å². The Morgan fingerprint density at radius 1 is 1.53 bits per heavy atom. The molecule has 0 bridgehead atoms. The summed E-state index contributed by atoms with van der Waals surface area (Å²) in [6, 6.07) is 4.46. The molecule has 19 heavy (non-hydrogen) atoms. The number of hydrogen-bond acceptors (Lipinski definition) is 3. The maximum atomic E-state index is 13.4. The van der Waals surface area contributed by atoms with Gasteiger partial charge in [-0.3, -0.25) is 4.79 Å². The first-order chi connectivity index (χ1) is 8.90. The van der Waals surface area contributed by atoms with Crippen LogP contribution in [0.25, 0.3) is 0 Å². The Kier molecular flexibility index (Phi) is 5.30. The van der Waals surface area contributed by atoms with E-state index in [2.05, 4.69) is 5.32 Å². The third kappa shape index (κ3) is 4.52. The zero-order chi connectivity index (χ0) is 14.5. The van der Waals surface area contributed by atoms with Crippen LogP contribution in [0.15, 0.2) is 18.2 Å². The summed E-state index contributed by atoms with van der Waals surface area (Å²) in [5.41, 5.74) is 0.177. The molecule has 0 aliphatic rings. The maximum absolute atomic E-state index is 13.4. The number of aryl methyl sites for hydroxylation is 1. The van der Waals surface area contributed by atoms with Crippen molar-refractivity contribution in [3.8, 4) is 5.75 Å². The van der Waals surface area contributed by atoms with E-state index in [1.807, 2.05) is 13.8 Å². The average Bonchev–Trinajstić information content (AvgIpc) is 2.39. The van der Waals surface area contributed by atoms with Crippen LogP contribution in [0.3, 0.4) is 0 Å². The van der Waals surface area contributed by atoms with E-state index in [-0.39, 0.29) is 24.9 Å². The minimum atomic E-state index is -0.675. The van der Waals surface area contributed by atoms with Crippen molar-refractivity contribution in [2.75, 3.05) is 13.2 Å². The van der Waals surface area contributed by atoms with E-state index in [1.165, 1.54) is 12.1 Å². The second kappa shape index (κ2) is 6.52. The van der Waals surface area contributed by atoms with Crippen LogP contribution < -0.4 is 10.1 Å². The number of carbonyl (C=O) groups excluding carboxylic acids is 1. The molecule has 5 heteroatoms. The quantitative estimate of drug-likeness (QED) is 0.827. The molecule has 0 aliphatic carbocycles. The molecule has 1 aromatic rings. The largest absolute Gasteiger partial charge is 0.481 e. The Balaban J connectivity index is 2.57. The zero-order valence-corrected chi connectivity index (χ0v) is 11.5. The molecule has 1 atom stereocenters. The Labute approximate surface area is 112 Å². The predicted octanol–water partition coefficient (Wildman–Crippen LogP) is 1.79. The van der Waals surface area contributed by atoms with Gasteiger partial charge in [-0.15, -0.1) is 0 Å². The van der Waals surface area contributed by atoms with Gasteiger partial charge < -0.3 is 15.2 Å². The number of hydrogen-bond donors (Lipinski definition) is 2. The Morgan fingerprint density at radius 3 is 2.79 bits per heavy atom. The molecule has 1 amide bonds. The number of ether oxygens (including phenoxy) is 1. The third-order valence-corrected chi connectivity index (χ3v) is 3.02. The normalized spacial score (nSPS) is 13.7. The Bertz CT molecular complexity index is 444. The van der Waals surface area contributed by atoms with Crippen molar-refractivity contribution in [1.82, 2.24) is 5.32 Å². The summed E-state index contributed by atoms with van der Waals surface area (Å²) in [5, 5.41) is 11.8. The summed E-state index contributed by atoms with van der Waals surface area (Å²) < 4.78 is 18.5. The fourth-order valence-electron chi connectivity index (χ4n) is 1.48. The molecule has 4 nitrogen and oxygen atoms in total. The number of aliphatic hydroxyl groups is 1. The molecular weight excluding hydrogens is 249 g/mol. The van der Waals surface area contributed by atoms with Gasteiger partial charge in [-0.25, -0.2) is 4.39 Å². The van der Waals surface area contributed by atoms with E-state index in [1.54, 1.807) is 13.0 Å². The van der Waals surface area contributed by atoms with Crippen LogP contribution in [-0.2, 0) is 4.79 Å². The van der Waals surface area contributed by atoms with Gasteiger partial charge >= 0.3 is 0 Å². The SMILES string of the molecule is CCC(C)(CO)NC(=O)COc1cc(C)ccc1F. The number of halogens is 1. The summed E-state index contributed by atoms with van der Waals surface area (Å²) in [6.45, 7) is 4.96. The standard InChI is InChI=1S/C14H20FNO3/c1-4-14(3,9-17)16-13(18)8-19-12-7-10(2)5-6-11(12)15/h5-7,17H,4,8-9H2,1-3H3,(H,16,18). The fraction of sp³-hybridized carbons (Fsp3) is 0.500. The molecule has 0 spiro atoms.